The van der Waals surface area contributed by atoms with Crippen LogP contribution < -0.4 is 9.64 Å². The van der Waals surface area contributed by atoms with Gasteiger partial charge in [-0.15, -0.1) is 0 Å². The number of aromatic nitrogens is 1. The zero-order valence-electron chi connectivity index (χ0n) is 16.9. The van der Waals surface area contributed by atoms with Crippen LogP contribution in [0.15, 0.2) is 48.7 Å². The normalized spacial score (nSPS) is 10.7. The molecule has 0 bridgehead atoms. The summed E-state index contributed by atoms with van der Waals surface area (Å²) in [5, 5.41) is 10.6. The van der Waals surface area contributed by atoms with Gasteiger partial charge in [-0.05, 0) is 61.7 Å². The topological polar surface area (TPSA) is 62.7 Å². The van der Waals surface area contributed by atoms with Crippen LogP contribution in [0.4, 0.5) is 10.5 Å². The van der Waals surface area contributed by atoms with Crippen molar-refractivity contribution in [2.45, 2.75) is 27.3 Å². The van der Waals surface area contributed by atoms with E-state index in [9.17, 15) is 9.90 Å². The highest BCUT2D eigenvalue weighted by Gasteiger charge is 2.20. The molecule has 3 rings (SSSR count). The summed E-state index contributed by atoms with van der Waals surface area (Å²) in [5.74, 6) is 0.728. The standard InChI is InChI=1S/C23H23ClN2O3/c1-14-9-18(17-5-7-19(24)8-6-17)11-20(10-14)26(23(27)28)13-21-16(3)22(29-4)15(2)12-25-21/h5-12H,13H2,1-4H3,(H,27,28). The van der Waals surface area contributed by atoms with Gasteiger partial charge in [0.25, 0.3) is 0 Å². The van der Waals surface area contributed by atoms with E-state index < -0.39 is 6.09 Å². The second kappa shape index (κ2) is 8.53. The van der Waals surface area contributed by atoms with Crippen molar-refractivity contribution in [2.24, 2.45) is 0 Å². The number of rotatable bonds is 5. The monoisotopic (exact) mass is 410 g/mol. The summed E-state index contributed by atoms with van der Waals surface area (Å²) in [4.78, 5) is 17.8. The van der Waals surface area contributed by atoms with Gasteiger partial charge in [0, 0.05) is 28.0 Å². The van der Waals surface area contributed by atoms with Crippen LogP contribution in [0.3, 0.4) is 0 Å². The first-order valence-electron chi connectivity index (χ1n) is 9.17. The number of halogens is 1. The molecule has 29 heavy (non-hydrogen) atoms. The lowest BCUT2D eigenvalue weighted by molar-refractivity contribution is 0.201. The van der Waals surface area contributed by atoms with E-state index in [-0.39, 0.29) is 6.54 Å². The first kappa shape index (κ1) is 20.7. The molecule has 0 radical (unpaired) electrons. The van der Waals surface area contributed by atoms with Crippen molar-refractivity contribution in [3.8, 4) is 16.9 Å². The minimum atomic E-state index is -1.04. The fraction of sp³-hybridized carbons (Fsp3) is 0.217. The summed E-state index contributed by atoms with van der Waals surface area (Å²) < 4.78 is 5.45. The number of aryl methyl sites for hydroxylation is 2. The quantitative estimate of drug-likeness (QED) is 0.558. The van der Waals surface area contributed by atoms with E-state index in [0.29, 0.717) is 16.4 Å². The molecule has 6 heteroatoms. The summed E-state index contributed by atoms with van der Waals surface area (Å²) in [5.41, 5.74) is 5.85. The molecule has 0 spiro atoms. The minimum absolute atomic E-state index is 0.126. The Balaban J connectivity index is 2.02. The molecule has 1 N–H and O–H groups in total. The third-order valence-corrected chi connectivity index (χ3v) is 5.09. The molecule has 0 aliphatic rings. The Kier molecular flexibility index (Phi) is 6.09. The number of anilines is 1. The Labute approximate surface area is 175 Å². The molecule has 0 unspecified atom stereocenters. The van der Waals surface area contributed by atoms with Crippen LogP contribution >= 0.6 is 11.6 Å². The highest BCUT2D eigenvalue weighted by molar-refractivity contribution is 6.30. The Bertz CT molecular complexity index is 1050. The molecule has 2 aromatic carbocycles. The average Bonchev–Trinajstić information content (AvgIpc) is 2.67. The van der Waals surface area contributed by atoms with Gasteiger partial charge >= 0.3 is 6.09 Å². The Hall–Kier alpha value is -3.05. The molecular formula is C23H23ClN2O3. The van der Waals surface area contributed by atoms with Crippen LogP contribution in [0.1, 0.15) is 22.4 Å². The molecule has 5 nitrogen and oxygen atoms in total. The van der Waals surface area contributed by atoms with Crippen molar-refractivity contribution < 1.29 is 14.6 Å². The maximum Gasteiger partial charge on any atom is 0.412 e. The van der Waals surface area contributed by atoms with Gasteiger partial charge in [-0.25, -0.2) is 4.79 Å². The van der Waals surface area contributed by atoms with Crippen LogP contribution in [0.2, 0.25) is 5.02 Å². The van der Waals surface area contributed by atoms with Gasteiger partial charge in [-0.3, -0.25) is 9.88 Å². The highest BCUT2D eigenvalue weighted by Crippen LogP contribution is 2.30. The van der Waals surface area contributed by atoms with E-state index in [0.717, 1.165) is 33.6 Å². The molecule has 1 aromatic heterocycles. The molecule has 0 atom stereocenters. The van der Waals surface area contributed by atoms with Crippen LogP contribution in [0, 0.1) is 20.8 Å². The average molecular weight is 411 g/mol. The van der Waals surface area contributed by atoms with Crippen LogP contribution in [-0.2, 0) is 6.54 Å². The number of amides is 1. The fourth-order valence-electron chi connectivity index (χ4n) is 3.38. The minimum Gasteiger partial charge on any atom is -0.496 e. The Morgan fingerprint density at radius 2 is 1.79 bits per heavy atom. The molecule has 1 heterocycles. The van der Waals surface area contributed by atoms with Crippen molar-refractivity contribution in [3.63, 3.8) is 0 Å². The van der Waals surface area contributed by atoms with Crippen LogP contribution in [0.5, 0.6) is 5.75 Å². The van der Waals surface area contributed by atoms with E-state index in [1.807, 2.05) is 63.2 Å². The van der Waals surface area contributed by atoms with Gasteiger partial charge in [0.15, 0.2) is 0 Å². The van der Waals surface area contributed by atoms with Gasteiger partial charge in [0.1, 0.15) is 5.75 Å². The molecule has 0 aliphatic carbocycles. The number of methoxy groups -OCH3 is 1. The molecule has 0 aliphatic heterocycles. The lowest BCUT2D eigenvalue weighted by Gasteiger charge is -2.22. The van der Waals surface area contributed by atoms with Gasteiger partial charge in [0.2, 0.25) is 0 Å². The number of nitrogens with zero attached hydrogens (tertiary/aromatic N) is 2. The summed E-state index contributed by atoms with van der Waals surface area (Å²) in [7, 11) is 1.60. The summed E-state index contributed by atoms with van der Waals surface area (Å²) in [6.07, 6.45) is 0.662. The predicted molar refractivity (Wildman–Crippen MR) is 116 cm³/mol. The van der Waals surface area contributed by atoms with Gasteiger partial charge in [-0.2, -0.15) is 0 Å². The van der Waals surface area contributed by atoms with Gasteiger partial charge in [-0.1, -0.05) is 29.8 Å². The van der Waals surface area contributed by atoms with Gasteiger partial charge in [0.05, 0.1) is 19.3 Å². The van der Waals surface area contributed by atoms with Crippen LogP contribution in [0.25, 0.3) is 11.1 Å². The Morgan fingerprint density at radius 3 is 2.41 bits per heavy atom. The molecule has 150 valence electrons. The summed E-state index contributed by atoms with van der Waals surface area (Å²) >= 11 is 5.99. The van der Waals surface area contributed by atoms with E-state index in [2.05, 4.69) is 4.98 Å². The van der Waals surface area contributed by atoms with E-state index in [1.165, 1.54) is 4.90 Å². The lowest BCUT2D eigenvalue weighted by Crippen LogP contribution is -2.29. The first-order valence-corrected chi connectivity index (χ1v) is 9.55. The first-order chi connectivity index (χ1) is 13.8. The number of hydrogen-bond acceptors (Lipinski definition) is 3. The van der Waals surface area contributed by atoms with Crippen molar-refractivity contribution in [1.82, 2.24) is 4.98 Å². The molecular weight excluding hydrogens is 388 g/mol. The van der Waals surface area contributed by atoms with Crippen molar-refractivity contribution in [1.29, 1.82) is 0 Å². The highest BCUT2D eigenvalue weighted by atomic mass is 35.5. The van der Waals surface area contributed by atoms with Crippen molar-refractivity contribution in [3.05, 3.63) is 76.1 Å². The Morgan fingerprint density at radius 1 is 1.10 bits per heavy atom. The van der Waals surface area contributed by atoms with E-state index in [1.54, 1.807) is 13.3 Å². The molecule has 0 fully saturated rings. The number of carboxylic acid groups (broad SMARTS) is 1. The van der Waals surface area contributed by atoms with Gasteiger partial charge < -0.3 is 9.84 Å². The smallest absolute Gasteiger partial charge is 0.412 e. The lowest BCUT2D eigenvalue weighted by atomic mass is 10.0. The van der Waals surface area contributed by atoms with E-state index in [4.69, 9.17) is 16.3 Å². The zero-order chi connectivity index (χ0) is 21.1. The number of pyridine rings is 1. The third kappa shape index (κ3) is 4.51. The molecule has 0 saturated heterocycles. The number of ether oxygens (including phenoxy) is 1. The van der Waals surface area contributed by atoms with Crippen LogP contribution in [-0.4, -0.2) is 23.3 Å². The number of carbonyl (C=O) groups is 1. The van der Waals surface area contributed by atoms with Crippen molar-refractivity contribution >= 4 is 23.4 Å². The maximum atomic E-state index is 12.1. The fourth-order valence-corrected chi connectivity index (χ4v) is 3.50. The second-order valence-corrected chi connectivity index (χ2v) is 7.42. The summed E-state index contributed by atoms with van der Waals surface area (Å²) in [6.45, 7) is 5.88. The zero-order valence-corrected chi connectivity index (χ0v) is 17.6. The SMILES string of the molecule is COc1c(C)cnc(CN(C(=O)O)c2cc(C)cc(-c3ccc(Cl)cc3)c2)c1C. The molecule has 0 saturated carbocycles. The largest absolute Gasteiger partial charge is 0.496 e. The second-order valence-electron chi connectivity index (χ2n) is 6.98. The number of hydrogen-bond donors (Lipinski definition) is 1. The van der Waals surface area contributed by atoms with E-state index >= 15 is 0 Å². The molecule has 3 aromatic rings. The molecule has 1 amide bonds. The predicted octanol–water partition coefficient (Wildman–Crippen LogP) is 6.02. The number of benzene rings is 2. The summed E-state index contributed by atoms with van der Waals surface area (Å²) in [6, 6.07) is 13.2. The third-order valence-electron chi connectivity index (χ3n) is 4.84. The maximum absolute atomic E-state index is 12.1. The van der Waals surface area contributed by atoms with Crippen molar-refractivity contribution in [2.75, 3.05) is 12.0 Å².